The predicted octanol–water partition coefficient (Wildman–Crippen LogP) is 2.16. The van der Waals surface area contributed by atoms with Gasteiger partial charge in [0.1, 0.15) is 5.54 Å². The van der Waals surface area contributed by atoms with Gasteiger partial charge in [0.2, 0.25) is 0 Å². The maximum atomic E-state index is 11.5. The van der Waals surface area contributed by atoms with E-state index in [1.807, 2.05) is 32.0 Å². The molecule has 1 N–H and O–H groups in total. The van der Waals surface area contributed by atoms with Gasteiger partial charge in [0.05, 0.1) is 0 Å². The Morgan fingerprint density at radius 2 is 1.88 bits per heavy atom. The van der Waals surface area contributed by atoms with Crippen LogP contribution < -0.4 is 0 Å². The van der Waals surface area contributed by atoms with Crippen LogP contribution in [0.5, 0.6) is 0 Å². The average molecular weight is 221 g/mol. The van der Waals surface area contributed by atoms with Crippen molar-refractivity contribution in [2.45, 2.75) is 26.3 Å². The highest BCUT2D eigenvalue weighted by Gasteiger charge is 2.38. The SMILES string of the molecule is Cc1ccc(C(C)(C(=O)O)N(C)C)c(C)c1. The fourth-order valence-electron chi connectivity index (χ4n) is 1.91. The second-order valence-electron chi connectivity index (χ2n) is 4.59. The zero-order valence-electron chi connectivity index (χ0n) is 10.5. The first-order valence-corrected chi connectivity index (χ1v) is 5.28. The summed E-state index contributed by atoms with van der Waals surface area (Å²) in [5, 5.41) is 9.41. The topological polar surface area (TPSA) is 40.5 Å². The van der Waals surface area contributed by atoms with Crippen LogP contribution >= 0.6 is 0 Å². The van der Waals surface area contributed by atoms with E-state index < -0.39 is 11.5 Å². The minimum absolute atomic E-state index is 0.829. The fraction of sp³-hybridized carbons (Fsp3) is 0.462. The van der Waals surface area contributed by atoms with Gasteiger partial charge in [0.15, 0.2) is 0 Å². The Morgan fingerprint density at radius 3 is 2.25 bits per heavy atom. The third-order valence-electron chi connectivity index (χ3n) is 3.22. The van der Waals surface area contributed by atoms with Crippen LogP contribution in [0.4, 0.5) is 0 Å². The van der Waals surface area contributed by atoms with Gasteiger partial charge >= 0.3 is 5.97 Å². The molecule has 0 aliphatic carbocycles. The molecule has 0 fully saturated rings. The highest BCUT2D eigenvalue weighted by Crippen LogP contribution is 2.29. The molecule has 0 spiro atoms. The van der Waals surface area contributed by atoms with E-state index in [4.69, 9.17) is 0 Å². The normalized spacial score (nSPS) is 14.9. The van der Waals surface area contributed by atoms with Gasteiger partial charge in [0, 0.05) is 0 Å². The number of benzene rings is 1. The molecule has 3 nitrogen and oxygen atoms in total. The van der Waals surface area contributed by atoms with Crippen molar-refractivity contribution in [1.82, 2.24) is 4.90 Å². The van der Waals surface area contributed by atoms with Crippen LogP contribution in [0.1, 0.15) is 23.6 Å². The Hall–Kier alpha value is -1.35. The number of aryl methyl sites for hydroxylation is 2. The molecule has 1 atom stereocenters. The summed E-state index contributed by atoms with van der Waals surface area (Å²) in [5.74, 6) is -0.829. The van der Waals surface area contributed by atoms with E-state index in [1.54, 1.807) is 25.9 Å². The van der Waals surface area contributed by atoms with Crippen molar-refractivity contribution >= 4 is 5.97 Å². The van der Waals surface area contributed by atoms with E-state index in [0.717, 1.165) is 16.7 Å². The predicted molar refractivity (Wildman–Crippen MR) is 64.6 cm³/mol. The van der Waals surface area contributed by atoms with Crippen molar-refractivity contribution in [3.8, 4) is 0 Å². The summed E-state index contributed by atoms with van der Waals surface area (Å²) in [6.07, 6.45) is 0. The van der Waals surface area contributed by atoms with Crippen molar-refractivity contribution in [3.05, 3.63) is 34.9 Å². The number of aliphatic carboxylic acids is 1. The quantitative estimate of drug-likeness (QED) is 0.850. The van der Waals surface area contributed by atoms with Crippen LogP contribution in [0.3, 0.4) is 0 Å². The zero-order valence-corrected chi connectivity index (χ0v) is 10.5. The second-order valence-corrected chi connectivity index (χ2v) is 4.59. The van der Waals surface area contributed by atoms with Crippen molar-refractivity contribution in [2.24, 2.45) is 0 Å². The summed E-state index contributed by atoms with van der Waals surface area (Å²) in [7, 11) is 3.57. The summed E-state index contributed by atoms with van der Waals surface area (Å²) >= 11 is 0. The summed E-state index contributed by atoms with van der Waals surface area (Å²) in [5.41, 5.74) is 2.03. The number of hydrogen-bond donors (Lipinski definition) is 1. The molecule has 3 heteroatoms. The first-order valence-electron chi connectivity index (χ1n) is 5.28. The van der Waals surface area contributed by atoms with Crippen LogP contribution in [-0.4, -0.2) is 30.1 Å². The standard InChI is InChI=1S/C13H19NO2/c1-9-6-7-11(10(2)8-9)13(3,12(15)16)14(4)5/h6-8H,1-5H3,(H,15,16). The van der Waals surface area contributed by atoms with Crippen LogP contribution in [-0.2, 0) is 10.3 Å². The van der Waals surface area contributed by atoms with Crippen LogP contribution in [0.2, 0.25) is 0 Å². The Morgan fingerprint density at radius 1 is 1.31 bits per heavy atom. The molecule has 1 rings (SSSR count). The molecule has 1 aromatic carbocycles. The molecule has 0 bridgehead atoms. The van der Waals surface area contributed by atoms with Gasteiger partial charge in [-0.3, -0.25) is 4.90 Å². The number of carbonyl (C=O) groups is 1. The maximum absolute atomic E-state index is 11.5. The minimum atomic E-state index is -0.974. The maximum Gasteiger partial charge on any atom is 0.328 e. The first kappa shape index (κ1) is 12.7. The van der Waals surface area contributed by atoms with E-state index in [1.165, 1.54) is 0 Å². The van der Waals surface area contributed by atoms with Crippen molar-refractivity contribution in [2.75, 3.05) is 14.1 Å². The van der Waals surface area contributed by atoms with E-state index >= 15 is 0 Å². The highest BCUT2D eigenvalue weighted by molar-refractivity contribution is 5.80. The van der Waals surface area contributed by atoms with Crippen molar-refractivity contribution in [1.29, 1.82) is 0 Å². The summed E-state index contributed by atoms with van der Waals surface area (Å²) in [6, 6.07) is 5.87. The van der Waals surface area contributed by atoms with E-state index in [-0.39, 0.29) is 0 Å². The Kier molecular flexibility index (Phi) is 3.38. The molecule has 88 valence electrons. The molecule has 0 radical (unpaired) electrons. The van der Waals surface area contributed by atoms with Gasteiger partial charge in [-0.15, -0.1) is 0 Å². The fourth-order valence-corrected chi connectivity index (χ4v) is 1.91. The highest BCUT2D eigenvalue weighted by atomic mass is 16.4. The molecule has 0 aliphatic heterocycles. The lowest BCUT2D eigenvalue weighted by Crippen LogP contribution is -2.46. The third kappa shape index (κ3) is 1.95. The molecule has 16 heavy (non-hydrogen) atoms. The summed E-state index contributed by atoms with van der Waals surface area (Å²) < 4.78 is 0. The number of hydrogen-bond acceptors (Lipinski definition) is 2. The molecular formula is C13H19NO2. The van der Waals surface area contributed by atoms with Gasteiger partial charge in [-0.05, 0) is 46.0 Å². The monoisotopic (exact) mass is 221 g/mol. The van der Waals surface area contributed by atoms with Crippen molar-refractivity contribution in [3.63, 3.8) is 0 Å². The lowest BCUT2D eigenvalue weighted by atomic mass is 9.87. The number of nitrogens with zero attached hydrogens (tertiary/aromatic N) is 1. The number of carboxylic acid groups (broad SMARTS) is 1. The molecular weight excluding hydrogens is 202 g/mol. The molecule has 1 unspecified atom stereocenters. The summed E-state index contributed by atoms with van der Waals surface area (Å²) in [4.78, 5) is 13.2. The first-order chi connectivity index (χ1) is 7.30. The largest absolute Gasteiger partial charge is 0.480 e. The molecule has 0 saturated carbocycles. The Bertz CT molecular complexity index is 412. The number of rotatable bonds is 3. The molecule has 0 amide bonds. The second kappa shape index (κ2) is 4.26. The summed E-state index contributed by atoms with van der Waals surface area (Å²) in [6.45, 7) is 5.69. The molecule has 0 aliphatic rings. The lowest BCUT2D eigenvalue weighted by Gasteiger charge is -2.33. The van der Waals surface area contributed by atoms with Gasteiger partial charge in [-0.25, -0.2) is 4.79 Å². The van der Waals surface area contributed by atoms with Crippen LogP contribution in [0.25, 0.3) is 0 Å². The lowest BCUT2D eigenvalue weighted by molar-refractivity contribution is -0.149. The average Bonchev–Trinajstić information content (AvgIpc) is 2.15. The van der Waals surface area contributed by atoms with Gasteiger partial charge in [-0.1, -0.05) is 23.8 Å². The molecule has 0 aromatic heterocycles. The van der Waals surface area contributed by atoms with Crippen LogP contribution in [0.15, 0.2) is 18.2 Å². The van der Waals surface area contributed by atoms with E-state index in [0.29, 0.717) is 0 Å². The Balaban J connectivity index is 3.38. The zero-order chi connectivity index (χ0) is 12.5. The number of likely N-dealkylation sites (N-methyl/N-ethyl adjacent to an activating group) is 1. The van der Waals surface area contributed by atoms with Gasteiger partial charge < -0.3 is 5.11 Å². The molecule has 0 heterocycles. The van der Waals surface area contributed by atoms with E-state index in [9.17, 15) is 9.90 Å². The minimum Gasteiger partial charge on any atom is -0.480 e. The van der Waals surface area contributed by atoms with Gasteiger partial charge in [0.25, 0.3) is 0 Å². The Labute approximate surface area is 96.7 Å². The molecule has 0 saturated heterocycles. The van der Waals surface area contributed by atoms with Crippen LogP contribution in [0, 0.1) is 13.8 Å². The molecule has 1 aromatic rings. The van der Waals surface area contributed by atoms with Gasteiger partial charge in [-0.2, -0.15) is 0 Å². The smallest absolute Gasteiger partial charge is 0.328 e. The third-order valence-corrected chi connectivity index (χ3v) is 3.22. The number of carboxylic acids is 1. The van der Waals surface area contributed by atoms with Crippen molar-refractivity contribution < 1.29 is 9.90 Å². The van der Waals surface area contributed by atoms with E-state index in [2.05, 4.69) is 0 Å².